The van der Waals surface area contributed by atoms with Gasteiger partial charge in [-0.25, -0.2) is 0 Å². The predicted molar refractivity (Wildman–Crippen MR) is 279 cm³/mol. The minimum Gasteiger partial charge on any atom is -0.455 e. The molecule has 14 rings (SSSR count). The Balaban J connectivity index is 1.14. The molecular weight excluding hydrogens is 829 g/mol. The molecular formula is C60H36N2OS2. The standard InChI is InChI=1S/C60H36N2OS2/c1-8-27-48-37(17-1)38-18-2-9-28-49(38)61(48)51-30-11-4-23-47(51)57-52(36-35-46-42-22-7-14-34-56(42)65-60(46)57)62(53-31-16-26-45-41-21-6-13-33-55(41)64-59(45)53)50-29-10-3-19-39(50)43-24-15-25-44-40-20-5-12-32-54(40)63-58(43)44/h1-36H. The molecule has 0 saturated carbocycles. The van der Waals surface area contributed by atoms with E-state index in [4.69, 9.17) is 4.42 Å². The Labute approximate surface area is 381 Å². The summed E-state index contributed by atoms with van der Waals surface area (Å²) >= 11 is 3.75. The van der Waals surface area contributed by atoms with E-state index in [9.17, 15) is 0 Å². The third kappa shape index (κ3) is 5.40. The number of aromatic nitrogens is 1. The van der Waals surface area contributed by atoms with Crippen LogP contribution in [0.2, 0.25) is 0 Å². The van der Waals surface area contributed by atoms with Gasteiger partial charge in [0.15, 0.2) is 0 Å². The molecule has 0 saturated heterocycles. The number of hydrogen-bond acceptors (Lipinski definition) is 4. The number of hydrogen-bond donors (Lipinski definition) is 0. The van der Waals surface area contributed by atoms with Crippen molar-refractivity contribution in [1.82, 2.24) is 4.57 Å². The van der Waals surface area contributed by atoms with E-state index in [1.165, 1.54) is 67.7 Å². The van der Waals surface area contributed by atoms with Crippen LogP contribution in [-0.2, 0) is 0 Å². The molecule has 0 atom stereocenters. The topological polar surface area (TPSA) is 21.3 Å². The molecule has 4 heterocycles. The largest absolute Gasteiger partial charge is 0.455 e. The van der Waals surface area contributed by atoms with Crippen LogP contribution in [0.1, 0.15) is 0 Å². The Morgan fingerprint density at radius 3 is 1.63 bits per heavy atom. The predicted octanol–water partition coefficient (Wildman–Crippen LogP) is 18.2. The van der Waals surface area contributed by atoms with Crippen LogP contribution in [-0.4, -0.2) is 4.57 Å². The van der Waals surface area contributed by atoms with Gasteiger partial charge in [-0.2, -0.15) is 0 Å². The van der Waals surface area contributed by atoms with Gasteiger partial charge in [-0.05, 0) is 54.6 Å². The highest BCUT2D eigenvalue weighted by molar-refractivity contribution is 7.27. The second kappa shape index (κ2) is 14.3. The van der Waals surface area contributed by atoms with Crippen LogP contribution in [0, 0.1) is 0 Å². The van der Waals surface area contributed by atoms with Gasteiger partial charge in [0.25, 0.3) is 0 Å². The molecule has 10 aromatic carbocycles. The zero-order chi connectivity index (χ0) is 42.6. The van der Waals surface area contributed by atoms with E-state index in [1.54, 1.807) is 0 Å². The number of thiophene rings is 2. The van der Waals surface area contributed by atoms with Crippen LogP contribution in [0.15, 0.2) is 223 Å². The fourth-order valence-corrected chi connectivity index (χ4v) is 12.9. The third-order valence-corrected chi connectivity index (χ3v) is 15.6. The molecule has 0 bridgehead atoms. The molecule has 0 amide bonds. The molecule has 0 aliphatic rings. The normalized spacial score (nSPS) is 12.0. The molecule has 5 heteroatoms. The molecule has 0 spiro atoms. The molecule has 4 aromatic heterocycles. The highest BCUT2D eigenvalue weighted by atomic mass is 32.1. The number of nitrogens with zero attached hydrogens (tertiary/aromatic N) is 2. The number of furan rings is 1. The van der Waals surface area contributed by atoms with Crippen LogP contribution in [0.3, 0.4) is 0 Å². The first-order valence-corrected chi connectivity index (χ1v) is 23.6. The maximum atomic E-state index is 6.79. The molecule has 0 aliphatic heterocycles. The van der Waals surface area contributed by atoms with Gasteiger partial charge in [-0.1, -0.05) is 164 Å². The van der Waals surface area contributed by atoms with E-state index >= 15 is 0 Å². The molecule has 0 unspecified atom stereocenters. The van der Waals surface area contributed by atoms with Crippen LogP contribution >= 0.6 is 22.7 Å². The van der Waals surface area contributed by atoms with E-state index in [0.29, 0.717) is 0 Å². The molecule has 304 valence electrons. The zero-order valence-corrected chi connectivity index (χ0v) is 36.5. The van der Waals surface area contributed by atoms with Gasteiger partial charge in [-0.15, -0.1) is 22.7 Å². The highest BCUT2D eigenvalue weighted by Crippen LogP contribution is 2.54. The number of para-hydroxylation sites is 6. The summed E-state index contributed by atoms with van der Waals surface area (Å²) in [4.78, 5) is 2.55. The zero-order valence-electron chi connectivity index (χ0n) is 34.9. The lowest BCUT2D eigenvalue weighted by molar-refractivity contribution is 0.670. The number of anilines is 3. The maximum absolute atomic E-state index is 6.79. The van der Waals surface area contributed by atoms with Gasteiger partial charge in [0.1, 0.15) is 11.2 Å². The van der Waals surface area contributed by atoms with Crippen LogP contribution in [0.4, 0.5) is 17.1 Å². The van der Waals surface area contributed by atoms with Crippen LogP contribution in [0.5, 0.6) is 0 Å². The van der Waals surface area contributed by atoms with Crippen molar-refractivity contribution in [2.45, 2.75) is 0 Å². The number of rotatable bonds is 6. The maximum Gasteiger partial charge on any atom is 0.143 e. The van der Waals surface area contributed by atoms with Crippen molar-refractivity contribution in [3.8, 4) is 27.9 Å². The lowest BCUT2D eigenvalue weighted by Gasteiger charge is -2.31. The first kappa shape index (κ1) is 36.5. The van der Waals surface area contributed by atoms with Crippen LogP contribution in [0.25, 0.3) is 112 Å². The summed E-state index contributed by atoms with van der Waals surface area (Å²) in [5, 5.41) is 9.75. The van der Waals surface area contributed by atoms with Gasteiger partial charge < -0.3 is 13.9 Å². The minimum atomic E-state index is 0.887. The van der Waals surface area contributed by atoms with Crippen molar-refractivity contribution in [2.75, 3.05) is 4.90 Å². The second-order valence-corrected chi connectivity index (χ2v) is 18.8. The SMILES string of the molecule is c1ccc(N(c2ccc3c(sc4ccccc43)c2-c2ccccc2-n2c3ccccc3c3ccccc32)c2cccc3c2sc2ccccc23)c(-c2cccc3c2oc2ccccc23)c1. The first-order valence-electron chi connectivity index (χ1n) is 22.0. The molecule has 65 heavy (non-hydrogen) atoms. The Morgan fingerprint density at radius 1 is 0.338 bits per heavy atom. The molecule has 0 radical (unpaired) electrons. The Bertz CT molecular complexity index is 4170. The van der Waals surface area contributed by atoms with Crippen molar-refractivity contribution < 1.29 is 4.42 Å². The van der Waals surface area contributed by atoms with Gasteiger partial charge in [-0.3, -0.25) is 0 Å². The molecule has 3 nitrogen and oxygen atoms in total. The lowest BCUT2D eigenvalue weighted by Crippen LogP contribution is -2.13. The molecule has 14 aromatic rings. The fraction of sp³-hybridized carbons (Fsp3) is 0. The van der Waals surface area contributed by atoms with Gasteiger partial charge >= 0.3 is 0 Å². The first-order chi connectivity index (χ1) is 32.3. The fourth-order valence-electron chi connectivity index (χ4n) is 10.4. The van der Waals surface area contributed by atoms with Crippen molar-refractivity contribution in [3.05, 3.63) is 218 Å². The van der Waals surface area contributed by atoms with E-state index in [0.717, 1.165) is 61.4 Å². The smallest absolute Gasteiger partial charge is 0.143 e. The minimum absolute atomic E-state index is 0.887. The van der Waals surface area contributed by atoms with Crippen LogP contribution < -0.4 is 4.90 Å². The summed E-state index contributed by atoms with van der Waals surface area (Å²) < 4.78 is 14.3. The van der Waals surface area contributed by atoms with Gasteiger partial charge in [0, 0.05) is 79.4 Å². The highest BCUT2D eigenvalue weighted by Gasteiger charge is 2.28. The lowest BCUT2D eigenvalue weighted by atomic mass is 9.95. The van der Waals surface area contributed by atoms with E-state index in [2.05, 4.69) is 228 Å². The average molecular weight is 865 g/mol. The summed E-state index contributed by atoms with van der Waals surface area (Å²) in [7, 11) is 0. The monoisotopic (exact) mass is 864 g/mol. The van der Waals surface area contributed by atoms with E-state index < -0.39 is 0 Å². The van der Waals surface area contributed by atoms with Gasteiger partial charge in [0.2, 0.25) is 0 Å². The van der Waals surface area contributed by atoms with E-state index in [-0.39, 0.29) is 0 Å². The van der Waals surface area contributed by atoms with Crippen molar-refractivity contribution >= 4 is 124 Å². The molecule has 0 N–H and O–H groups in total. The second-order valence-electron chi connectivity index (χ2n) is 16.7. The quantitative estimate of drug-likeness (QED) is 0.166. The van der Waals surface area contributed by atoms with Crippen molar-refractivity contribution in [1.29, 1.82) is 0 Å². The number of benzene rings is 10. The summed E-state index contributed by atoms with van der Waals surface area (Å²) in [5.41, 5.74) is 13.1. The van der Waals surface area contributed by atoms with Gasteiger partial charge in [0.05, 0.1) is 38.5 Å². The number of fused-ring (bicyclic) bond motifs is 12. The summed E-state index contributed by atoms with van der Waals surface area (Å²) in [5.74, 6) is 0. The Morgan fingerprint density at radius 2 is 0.862 bits per heavy atom. The molecule has 0 aliphatic carbocycles. The Hall–Kier alpha value is -7.96. The third-order valence-electron chi connectivity index (χ3n) is 13.2. The average Bonchev–Trinajstić information content (AvgIpc) is 4.14. The van der Waals surface area contributed by atoms with Crippen molar-refractivity contribution in [3.63, 3.8) is 0 Å². The van der Waals surface area contributed by atoms with Crippen molar-refractivity contribution in [2.24, 2.45) is 0 Å². The summed E-state index contributed by atoms with van der Waals surface area (Å²) in [6, 6.07) is 79.7. The summed E-state index contributed by atoms with van der Waals surface area (Å²) in [6.07, 6.45) is 0. The summed E-state index contributed by atoms with van der Waals surface area (Å²) in [6.45, 7) is 0. The molecule has 0 fully saturated rings. The van der Waals surface area contributed by atoms with E-state index in [1.807, 2.05) is 22.7 Å². The Kier molecular flexibility index (Phi) is 8.02.